The molecule has 1 fully saturated rings. The predicted molar refractivity (Wildman–Crippen MR) is 149 cm³/mol. The van der Waals surface area contributed by atoms with Crippen LogP contribution in [0, 0.1) is 5.92 Å². The lowest BCUT2D eigenvalue weighted by Gasteiger charge is -2.33. The number of rotatable bonds is 6. The normalized spacial score (nSPS) is 17.5. The summed E-state index contributed by atoms with van der Waals surface area (Å²) in [6.07, 6.45) is 6.28. The maximum Gasteiger partial charge on any atom is 0.163 e. The number of phenols is 1. The first-order valence-electron chi connectivity index (χ1n) is 11.1. The Hall–Kier alpha value is -1.83. The van der Waals surface area contributed by atoms with Gasteiger partial charge >= 0.3 is 0 Å². The van der Waals surface area contributed by atoms with Gasteiger partial charge in [-0.05, 0) is 76.9 Å². The molecule has 0 atom stereocenters. The number of anilines is 1. The van der Waals surface area contributed by atoms with E-state index in [4.69, 9.17) is 28.2 Å². The molecule has 10 heteroatoms. The van der Waals surface area contributed by atoms with Crippen molar-refractivity contribution in [2.24, 2.45) is 5.92 Å². The molecule has 0 radical (unpaired) electrons. The molecule has 1 aliphatic carbocycles. The second kappa shape index (κ2) is 12.4. The summed E-state index contributed by atoms with van der Waals surface area (Å²) in [5.41, 5.74) is 3.85. The van der Waals surface area contributed by atoms with Crippen LogP contribution in [0.25, 0.3) is 22.3 Å². The third kappa shape index (κ3) is 6.49. The van der Waals surface area contributed by atoms with Gasteiger partial charge in [-0.2, -0.15) is 0 Å². The largest absolute Gasteiger partial charge is 0.505 e. The minimum Gasteiger partial charge on any atom is -0.505 e. The van der Waals surface area contributed by atoms with Crippen LogP contribution in [0.4, 0.5) is 5.69 Å². The van der Waals surface area contributed by atoms with Crippen LogP contribution < -0.4 is 5.32 Å². The number of Topliss-reactive ketones (excluding diaryl/α,β-unsaturated/α-hetero) is 1. The first kappa shape index (κ1) is 29.4. The van der Waals surface area contributed by atoms with Crippen LogP contribution in [0.1, 0.15) is 43.0 Å². The van der Waals surface area contributed by atoms with Gasteiger partial charge in [0, 0.05) is 24.3 Å². The Morgan fingerprint density at radius 3 is 2.31 bits per heavy atom. The number of aromatic hydroxyl groups is 1. The van der Waals surface area contributed by atoms with Crippen molar-refractivity contribution in [1.82, 2.24) is 14.9 Å². The molecule has 1 aliphatic rings. The number of fused-ring (bicyclic) bond motifs is 1. The van der Waals surface area contributed by atoms with Gasteiger partial charge in [-0.1, -0.05) is 23.2 Å². The van der Waals surface area contributed by atoms with E-state index in [2.05, 4.69) is 29.3 Å². The van der Waals surface area contributed by atoms with Gasteiger partial charge < -0.3 is 15.3 Å². The Labute approximate surface area is 228 Å². The second-order valence-corrected chi connectivity index (χ2v) is 9.79. The van der Waals surface area contributed by atoms with Gasteiger partial charge in [0.1, 0.15) is 5.52 Å². The number of halogens is 4. The summed E-state index contributed by atoms with van der Waals surface area (Å²) in [5.74, 6) is 0.322. The van der Waals surface area contributed by atoms with Gasteiger partial charge in [0.05, 0.1) is 32.5 Å². The fourth-order valence-electron chi connectivity index (χ4n) is 4.50. The van der Waals surface area contributed by atoms with Crippen molar-refractivity contribution in [3.63, 3.8) is 0 Å². The van der Waals surface area contributed by atoms with Gasteiger partial charge in [0.2, 0.25) is 0 Å². The van der Waals surface area contributed by atoms with E-state index >= 15 is 0 Å². The van der Waals surface area contributed by atoms with Gasteiger partial charge in [0.15, 0.2) is 11.5 Å². The Kier molecular flexibility index (Phi) is 10.4. The van der Waals surface area contributed by atoms with Crippen LogP contribution in [0.5, 0.6) is 5.75 Å². The number of aromatic nitrogens is 2. The summed E-state index contributed by atoms with van der Waals surface area (Å²) in [7, 11) is 4.28. The fraction of sp³-hybridized carbons (Fsp3) is 0.400. The van der Waals surface area contributed by atoms with Crippen LogP contribution in [-0.2, 0) is 0 Å². The van der Waals surface area contributed by atoms with Crippen LogP contribution in [0.2, 0.25) is 10.0 Å². The van der Waals surface area contributed by atoms with Crippen molar-refractivity contribution in [3.05, 3.63) is 46.1 Å². The average molecular weight is 560 g/mol. The lowest BCUT2D eigenvalue weighted by Crippen LogP contribution is -2.33. The van der Waals surface area contributed by atoms with E-state index < -0.39 is 0 Å². The number of nitrogens with zero attached hydrogens (tertiary/aromatic N) is 3. The van der Waals surface area contributed by atoms with Crippen molar-refractivity contribution in [3.8, 4) is 17.0 Å². The van der Waals surface area contributed by atoms with Crippen LogP contribution in [-0.4, -0.2) is 52.4 Å². The molecule has 0 unspecified atom stereocenters. The zero-order valence-corrected chi connectivity index (χ0v) is 23.0. The molecule has 2 aromatic heterocycles. The summed E-state index contributed by atoms with van der Waals surface area (Å²) in [5, 5.41) is 13.7. The van der Waals surface area contributed by atoms with Crippen molar-refractivity contribution >= 4 is 70.5 Å². The highest BCUT2D eigenvalue weighted by Gasteiger charge is 2.23. The molecule has 0 saturated heterocycles. The first-order chi connectivity index (χ1) is 15.7. The number of nitrogens with one attached hydrogen (secondary N) is 1. The van der Waals surface area contributed by atoms with E-state index in [1.807, 2.05) is 12.1 Å². The number of benzene rings is 1. The zero-order chi connectivity index (χ0) is 23.7. The standard InChI is InChI=1S/C25H28Cl2N4O2.2ClH/c1-14(32)18-13-28-22-9-8-21(16-10-19(26)25(33)20(27)11-16)30-24(22)23(18)29-12-15-4-6-17(7-5-15)31(2)3;;/h8-11,13,15,17,33H,4-7,12H2,1-3H3,(H,28,29);2*1H. The smallest absolute Gasteiger partial charge is 0.163 e. The molecular weight excluding hydrogens is 530 g/mol. The Balaban J connectivity index is 0.00000216. The molecular formula is C25H30Cl4N4O2. The number of carbonyl (C=O) groups is 1. The minimum atomic E-state index is -0.158. The van der Waals surface area contributed by atoms with Gasteiger partial charge in [0.25, 0.3) is 0 Å². The minimum absolute atomic E-state index is 0. The van der Waals surface area contributed by atoms with Gasteiger partial charge in [-0.25, -0.2) is 4.98 Å². The number of ketones is 1. The lowest BCUT2D eigenvalue weighted by molar-refractivity contribution is 0.101. The van der Waals surface area contributed by atoms with E-state index in [-0.39, 0.29) is 46.4 Å². The Morgan fingerprint density at radius 1 is 1.11 bits per heavy atom. The number of carbonyl (C=O) groups excluding carboxylic acids is 1. The quantitative estimate of drug-likeness (QED) is 0.320. The summed E-state index contributed by atoms with van der Waals surface area (Å²) in [6, 6.07) is 7.58. The third-order valence-electron chi connectivity index (χ3n) is 6.52. The van der Waals surface area contributed by atoms with Gasteiger partial charge in [-0.3, -0.25) is 9.78 Å². The molecule has 0 aliphatic heterocycles. The Bertz CT molecular complexity index is 1170. The van der Waals surface area contributed by atoms with E-state index in [1.54, 1.807) is 25.3 Å². The number of pyridine rings is 2. The van der Waals surface area contributed by atoms with E-state index in [9.17, 15) is 9.90 Å². The molecule has 2 N–H and O–H groups in total. The summed E-state index contributed by atoms with van der Waals surface area (Å²) < 4.78 is 0. The molecule has 6 nitrogen and oxygen atoms in total. The molecule has 0 bridgehead atoms. The van der Waals surface area contributed by atoms with Gasteiger partial charge in [-0.15, -0.1) is 24.8 Å². The van der Waals surface area contributed by atoms with E-state index in [0.29, 0.717) is 45.5 Å². The SMILES string of the molecule is CC(=O)c1cnc2ccc(-c3cc(Cl)c(O)c(Cl)c3)nc2c1NCC1CCC(N(C)C)CC1.Cl.Cl. The lowest BCUT2D eigenvalue weighted by atomic mass is 9.85. The van der Waals surface area contributed by atoms with Crippen LogP contribution >= 0.6 is 48.0 Å². The molecule has 3 aromatic rings. The molecule has 190 valence electrons. The molecule has 4 rings (SSSR count). The molecule has 0 amide bonds. The first-order valence-corrected chi connectivity index (χ1v) is 11.9. The monoisotopic (exact) mass is 558 g/mol. The Morgan fingerprint density at radius 2 is 1.74 bits per heavy atom. The van der Waals surface area contributed by atoms with Crippen molar-refractivity contribution in [2.45, 2.75) is 38.6 Å². The maximum absolute atomic E-state index is 12.4. The highest BCUT2D eigenvalue weighted by Crippen LogP contribution is 2.37. The number of hydrogen-bond acceptors (Lipinski definition) is 6. The summed E-state index contributed by atoms with van der Waals surface area (Å²) >= 11 is 12.2. The summed E-state index contributed by atoms with van der Waals surface area (Å²) in [4.78, 5) is 24.0. The van der Waals surface area contributed by atoms with Crippen LogP contribution in [0.15, 0.2) is 30.5 Å². The molecule has 35 heavy (non-hydrogen) atoms. The molecule has 1 aromatic carbocycles. The zero-order valence-electron chi connectivity index (χ0n) is 19.8. The van der Waals surface area contributed by atoms with E-state index in [0.717, 1.165) is 19.4 Å². The van der Waals surface area contributed by atoms with Crippen molar-refractivity contribution < 1.29 is 9.90 Å². The topological polar surface area (TPSA) is 78.3 Å². The molecule has 1 saturated carbocycles. The van der Waals surface area contributed by atoms with E-state index in [1.165, 1.54) is 12.8 Å². The highest BCUT2D eigenvalue weighted by molar-refractivity contribution is 6.37. The van der Waals surface area contributed by atoms with Crippen LogP contribution in [0.3, 0.4) is 0 Å². The second-order valence-electron chi connectivity index (χ2n) is 8.97. The third-order valence-corrected chi connectivity index (χ3v) is 7.10. The fourth-order valence-corrected chi connectivity index (χ4v) is 4.99. The van der Waals surface area contributed by atoms with Crippen molar-refractivity contribution in [1.29, 1.82) is 0 Å². The molecule has 0 spiro atoms. The number of hydrogen-bond donors (Lipinski definition) is 2. The molecule has 2 heterocycles. The summed E-state index contributed by atoms with van der Waals surface area (Å²) in [6.45, 7) is 2.32. The number of phenolic OH excluding ortho intramolecular Hbond substituents is 1. The predicted octanol–water partition coefficient (Wildman–Crippen LogP) is 6.89. The maximum atomic E-state index is 12.4. The van der Waals surface area contributed by atoms with Crippen molar-refractivity contribution in [2.75, 3.05) is 26.0 Å². The highest BCUT2D eigenvalue weighted by atomic mass is 35.5. The average Bonchev–Trinajstić information content (AvgIpc) is 2.80.